The zero-order valence-corrected chi connectivity index (χ0v) is 9.43. The summed E-state index contributed by atoms with van der Waals surface area (Å²) in [6, 6.07) is 10.8. The molecule has 0 bridgehead atoms. The van der Waals surface area contributed by atoms with Crippen LogP contribution in [0.15, 0.2) is 43.0 Å². The van der Waals surface area contributed by atoms with Crippen LogP contribution >= 0.6 is 0 Å². The first kappa shape index (κ1) is 10.7. The highest BCUT2D eigenvalue weighted by atomic mass is 28.3. The molecule has 1 aromatic carbocycles. The standard InChI is InChI=1S/C11H14O2Si/c1-3-11(12)13-14(4-2)10-8-6-5-7-9-10/h3,5-9,14H,1,4H2,2H3. The lowest BCUT2D eigenvalue weighted by molar-refractivity contribution is -0.129. The minimum atomic E-state index is -1.57. The van der Waals surface area contributed by atoms with Crippen LogP contribution in [0.3, 0.4) is 0 Å². The fraction of sp³-hybridized carbons (Fsp3) is 0.182. The molecule has 2 nitrogen and oxygen atoms in total. The second kappa shape index (κ2) is 5.39. The molecule has 0 saturated carbocycles. The van der Waals surface area contributed by atoms with Crippen LogP contribution in [-0.2, 0) is 9.22 Å². The first-order valence-electron chi connectivity index (χ1n) is 4.66. The summed E-state index contributed by atoms with van der Waals surface area (Å²) in [5.74, 6) is -0.313. The normalized spacial score (nSPS) is 11.8. The number of rotatable bonds is 4. The predicted octanol–water partition coefficient (Wildman–Crippen LogP) is 1.37. The van der Waals surface area contributed by atoms with Gasteiger partial charge in [0.15, 0.2) is 0 Å². The lowest BCUT2D eigenvalue weighted by Gasteiger charge is -2.13. The SMILES string of the molecule is C=CC(=O)O[SiH](CC)c1ccccc1. The molecule has 1 unspecified atom stereocenters. The molecule has 1 atom stereocenters. The highest BCUT2D eigenvalue weighted by Crippen LogP contribution is 1.97. The van der Waals surface area contributed by atoms with Gasteiger partial charge in [0.2, 0.25) is 0 Å². The second-order valence-electron chi connectivity index (χ2n) is 2.95. The molecule has 1 rings (SSSR count). The summed E-state index contributed by atoms with van der Waals surface area (Å²) < 4.78 is 5.32. The number of carbonyl (C=O) groups is 1. The van der Waals surface area contributed by atoms with Crippen LogP contribution in [0.25, 0.3) is 0 Å². The Balaban J connectivity index is 2.72. The summed E-state index contributed by atoms with van der Waals surface area (Å²) in [5.41, 5.74) is 0. The Morgan fingerprint density at radius 3 is 2.64 bits per heavy atom. The molecular weight excluding hydrogens is 192 g/mol. The van der Waals surface area contributed by atoms with E-state index in [9.17, 15) is 4.79 Å². The van der Waals surface area contributed by atoms with E-state index in [2.05, 4.69) is 6.58 Å². The van der Waals surface area contributed by atoms with Gasteiger partial charge in [-0.2, -0.15) is 0 Å². The van der Waals surface area contributed by atoms with E-state index in [0.717, 1.165) is 11.2 Å². The fourth-order valence-electron chi connectivity index (χ4n) is 1.24. The highest BCUT2D eigenvalue weighted by Gasteiger charge is 2.15. The van der Waals surface area contributed by atoms with E-state index in [4.69, 9.17) is 4.43 Å². The summed E-state index contributed by atoms with van der Waals surface area (Å²) in [4.78, 5) is 11.0. The van der Waals surface area contributed by atoms with Crippen molar-refractivity contribution in [3.05, 3.63) is 43.0 Å². The number of hydrogen-bond donors (Lipinski definition) is 0. The molecule has 0 aromatic heterocycles. The van der Waals surface area contributed by atoms with Crippen molar-refractivity contribution in [3.63, 3.8) is 0 Å². The summed E-state index contributed by atoms with van der Waals surface area (Å²) in [6.07, 6.45) is 1.22. The fourth-order valence-corrected chi connectivity index (χ4v) is 3.05. The van der Waals surface area contributed by atoms with Crippen molar-refractivity contribution < 1.29 is 9.22 Å². The van der Waals surface area contributed by atoms with Crippen molar-refractivity contribution in [2.75, 3.05) is 0 Å². The Morgan fingerprint density at radius 1 is 1.50 bits per heavy atom. The van der Waals surface area contributed by atoms with Gasteiger partial charge in [0.1, 0.15) is 0 Å². The molecule has 74 valence electrons. The topological polar surface area (TPSA) is 26.3 Å². The van der Waals surface area contributed by atoms with E-state index in [1.54, 1.807) is 0 Å². The van der Waals surface area contributed by atoms with Gasteiger partial charge in [-0.25, -0.2) is 4.79 Å². The van der Waals surface area contributed by atoms with Gasteiger partial charge in [0.05, 0.1) is 0 Å². The third-order valence-electron chi connectivity index (χ3n) is 1.97. The van der Waals surface area contributed by atoms with Gasteiger partial charge >= 0.3 is 5.97 Å². The Morgan fingerprint density at radius 2 is 2.14 bits per heavy atom. The van der Waals surface area contributed by atoms with Crippen LogP contribution in [0.4, 0.5) is 0 Å². The number of hydrogen-bond acceptors (Lipinski definition) is 2. The van der Waals surface area contributed by atoms with E-state index in [0.29, 0.717) is 0 Å². The van der Waals surface area contributed by atoms with Crippen molar-refractivity contribution in [2.45, 2.75) is 13.0 Å². The molecule has 0 saturated heterocycles. The zero-order valence-electron chi connectivity index (χ0n) is 8.27. The molecule has 0 radical (unpaired) electrons. The molecule has 0 aliphatic rings. The maximum atomic E-state index is 11.0. The van der Waals surface area contributed by atoms with Gasteiger partial charge in [0.25, 0.3) is 9.04 Å². The summed E-state index contributed by atoms with van der Waals surface area (Å²) in [7, 11) is -1.57. The molecule has 0 aliphatic heterocycles. The zero-order chi connectivity index (χ0) is 10.4. The summed E-state index contributed by atoms with van der Waals surface area (Å²) in [5, 5.41) is 1.16. The van der Waals surface area contributed by atoms with Crippen LogP contribution in [0.2, 0.25) is 6.04 Å². The molecule has 1 aromatic rings. The van der Waals surface area contributed by atoms with Gasteiger partial charge in [0, 0.05) is 6.08 Å². The maximum Gasteiger partial charge on any atom is 0.316 e. The maximum absolute atomic E-state index is 11.0. The van der Waals surface area contributed by atoms with Crippen molar-refractivity contribution in [2.24, 2.45) is 0 Å². The monoisotopic (exact) mass is 206 g/mol. The average Bonchev–Trinajstić information content (AvgIpc) is 2.26. The van der Waals surface area contributed by atoms with Crippen LogP contribution in [0.5, 0.6) is 0 Å². The average molecular weight is 206 g/mol. The second-order valence-corrected chi connectivity index (χ2v) is 5.64. The molecule has 0 heterocycles. The third kappa shape index (κ3) is 2.85. The van der Waals surface area contributed by atoms with Gasteiger partial charge in [-0.15, -0.1) is 0 Å². The molecule has 0 N–H and O–H groups in total. The summed E-state index contributed by atoms with van der Waals surface area (Å²) >= 11 is 0. The molecule has 0 spiro atoms. The lowest BCUT2D eigenvalue weighted by Crippen LogP contribution is -2.34. The van der Waals surface area contributed by atoms with Crippen molar-refractivity contribution in [3.8, 4) is 0 Å². The third-order valence-corrected chi connectivity index (χ3v) is 4.35. The lowest BCUT2D eigenvalue weighted by atomic mass is 10.4. The van der Waals surface area contributed by atoms with Crippen LogP contribution in [0, 0.1) is 0 Å². The molecule has 14 heavy (non-hydrogen) atoms. The van der Waals surface area contributed by atoms with Crippen molar-refractivity contribution in [1.82, 2.24) is 0 Å². The Bertz CT molecular complexity index is 308. The Labute approximate surface area is 85.9 Å². The van der Waals surface area contributed by atoms with E-state index < -0.39 is 9.04 Å². The quantitative estimate of drug-likeness (QED) is 0.549. The van der Waals surface area contributed by atoms with Crippen LogP contribution < -0.4 is 5.19 Å². The van der Waals surface area contributed by atoms with E-state index in [1.165, 1.54) is 6.08 Å². The molecule has 0 fully saturated rings. The first-order chi connectivity index (χ1) is 6.77. The molecule has 0 amide bonds. The number of carbonyl (C=O) groups excluding carboxylic acids is 1. The van der Waals surface area contributed by atoms with Crippen LogP contribution in [-0.4, -0.2) is 15.0 Å². The first-order valence-corrected chi connectivity index (χ1v) is 6.52. The largest absolute Gasteiger partial charge is 0.515 e. The van der Waals surface area contributed by atoms with Crippen molar-refractivity contribution >= 4 is 20.2 Å². The van der Waals surface area contributed by atoms with E-state index in [-0.39, 0.29) is 5.97 Å². The number of benzene rings is 1. The van der Waals surface area contributed by atoms with Gasteiger partial charge in [-0.05, 0) is 11.2 Å². The highest BCUT2D eigenvalue weighted by molar-refractivity contribution is 6.68. The Kier molecular flexibility index (Phi) is 4.13. The molecule has 0 aliphatic carbocycles. The van der Waals surface area contributed by atoms with E-state index >= 15 is 0 Å². The van der Waals surface area contributed by atoms with Crippen molar-refractivity contribution in [1.29, 1.82) is 0 Å². The predicted molar refractivity (Wildman–Crippen MR) is 60.0 cm³/mol. The van der Waals surface area contributed by atoms with E-state index in [1.807, 2.05) is 37.3 Å². The van der Waals surface area contributed by atoms with Crippen LogP contribution in [0.1, 0.15) is 6.92 Å². The Hall–Kier alpha value is -1.35. The van der Waals surface area contributed by atoms with Gasteiger partial charge in [-0.3, -0.25) is 0 Å². The van der Waals surface area contributed by atoms with Gasteiger partial charge in [-0.1, -0.05) is 43.8 Å². The smallest absolute Gasteiger partial charge is 0.316 e. The minimum Gasteiger partial charge on any atom is -0.515 e. The molecule has 3 heteroatoms. The van der Waals surface area contributed by atoms with Gasteiger partial charge < -0.3 is 4.43 Å². The minimum absolute atomic E-state index is 0.313. The molecular formula is C11H14O2Si. The summed E-state index contributed by atoms with van der Waals surface area (Å²) in [6.45, 7) is 5.43.